The standard InChI is InChI=1S/C38H39F3N4O6/c1-6-25-28(39)10-7-21-13-24(50-20-48-5)14-26(30(21)25)31-29(40)15-27-33(32(31)41)42-35(49-19-38(18-46)11-12-38)43-34(27)44-16-22-8-9-23(17-44)45(22)36(47)51-37(2,3)4/h1,7,10,13-15,22-23,46H,8-9,11-12,16-20H2,2-5H3. The van der Waals surface area contributed by atoms with E-state index in [-0.39, 0.29) is 77.1 Å². The number of methoxy groups -OCH3 is 1. The molecule has 10 nitrogen and oxygen atoms in total. The minimum Gasteiger partial charge on any atom is -0.468 e. The number of carbonyl (C=O) groups excluding carboxylic acids is 1. The molecule has 7 rings (SSSR count). The third kappa shape index (κ3) is 6.47. The van der Waals surface area contributed by atoms with Crippen LogP contribution >= 0.6 is 0 Å². The van der Waals surface area contributed by atoms with Crippen LogP contribution in [0.25, 0.3) is 32.8 Å². The number of amides is 1. The molecule has 268 valence electrons. The Hall–Kier alpha value is -4.80. The number of carbonyl (C=O) groups is 1. The van der Waals surface area contributed by atoms with Gasteiger partial charge in [0.2, 0.25) is 0 Å². The second kappa shape index (κ2) is 13.1. The van der Waals surface area contributed by atoms with Crippen LogP contribution in [-0.2, 0) is 9.47 Å². The Morgan fingerprint density at radius 2 is 1.78 bits per heavy atom. The van der Waals surface area contributed by atoms with Crippen molar-refractivity contribution in [3.8, 4) is 35.2 Å². The Kier molecular flexibility index (Phi) is 8.88. The highest BCUT2D eigenvalue weighted by atomic mass is 19.1. The van der Waals surface area contributed by atoms with Crippen LogP contribution in [0, 0.1) is 35.2 Å². The largest absolute Gasteiger partial charge is 0.468 e. The summed E-state index contributed by atoms with van der Waals surface area (Å²) in [5.74, 6) is 0.0822. The predicted molar refractivity (Wildman–Crippen MR) is 184 cm³/mol. The molecular weight excluding hydrogens is 665 g/mol. The lowest BCUT2D eigenvalue weighted by Crippen LogP contribution is -2.57. The van der Waals surface area contributed by atoms with Crippen LogP contribution in [0.3, 0.4) is 0 Å². The molecule has 1 aromatic heterocycles. The number of hydrogen-bond donors (Lipinski definition) is 1. The van der Waals surface area contributed by atoms with E-state index in [1.165, 1.54) is 25.3 Å². The fourth-order valence-corrected chi connectivity index (χ4v) is 7.11. The topological polar surface area (TPSA) is 106 Å². The van der Waals surface area contributed by atoms with Crippen LogP contribution in [0.5, 0.6) is 11.8 Å². The molecule has 51 heavy (non-hydrogen) atoms. The number of piperazine rings is 1. The molecular formula is C38H39F3N4O6. The molecule has 1 saturated carbocycles. The number of benzene rings is 3. The number of fused-ring (bicyclic) bond motifs is 4. The minimum absolute atomic E-state index is 0.0354. The van der Waals surface area contributed by atoms with Gasteiger partial charge in [0.05, 0.1) is 36.4 Å². The van der Waals surface area contributed by atoms with Crippen molar-refractivity contribution in [2.75, 3.05) is 45.1 Å². The molecule has 2 aliphatic heterocycles. The summed E-state index contributed by atoms with van der Waals surface area (Å²) in [7, 11) is 1.43. The number of aromatic nitrogens is 2. The summed E-state index contributed by atoms with van der Waals surface area (Å²) in [4.78, 5) is 25.9. The predicted octanol–water partition coefficient (Wildman–Crippen LogP) is 6.57. The molecule has 2 saturated heterocycles. The van der Waals surface area contributed by atoms with Gasteiger partial charge in [-0.25, -0.2) is 18.0 Å². The van der Waals surface area contributed by atoms with Gasteiger partial charge in [0, 0.05) is 42.0 Å². The van der Waals surface area contributed by atoms with Gasteiger partial charge in [-0.1, -0.05) is 12.0 Å². The van der Waals surface area contributed by atoms with Crippen LogP contribution in [0.15, 0.2) is 30.3 Å². The number of anilines is 1. The first-order chi connectivity index (χ1) is 24.3. The molecule has 1 aliphatic carbocycles. The highest BCUT2D eigenvalue weighted by Crippen LogP contribution is 2.46. The number of nitrogens with zero attached hydrogens (tertiary/aromatic N) is 4. The second-order valence-corrected chi connectivity index (χ2v) is 14.6. The molecule has 1 N–H and O–H groups in total. The van der Waals surface area contributed by atoms with Gasteiger partial charge in [-0.3, -0.25) is 4.90 Å². The Morgan fingerprint density at radius 3 is 2.41 bits per heavy atom. The summed E-state index contributed by atoms with van der Waals surface area (Å²) in [6.07, 6.45) is 8.28. The smallest absolute Gasteiger partial charge is 0.410 e. The Labute approximate surface area is 293 Å². The van der Waals surface area contributed by atoms with E-state index in [0.717, 1.165) is 31.7 Å². The van der Waals surface area contributed by atoms with Gasteiger partial charge in [-0.15, -0.1) is 6.42 Å². The van der Waals surface area contributed by atoms with Crippen molar-refractivity contribution in [2.24, 2.45) is 5.41 Å². The Bertz CT molecular complexity index is 2060. The average Bonchev–Trinajstić information content (AvgIpc) is 3.82. The summed E-state index contributed by atoms with van der Waals surface area (Å²) in [5, 5.41) is 10.5. The van der Waals surface area contributed by atoms with E-state index in [4.69, 9.17) is 25.4 Å². The molecule has 1 amide bonds. The van der Waals surface area contributed by atoms with E-state index in [1.54, 1.807) is 11.0 Å². The molecule has 3 aliphatic rings. The normalized spacial score (nSPS) is 19.4. The van der Waals surface area contributed by atoms with Crippen molar-refractivity contribution < 1.29 is 42.0 Å². The van der Waals surface area contributed by atoms with Gasteiger partial charge < -0.3 is 29.0 Å². The second-order valence-electron chi connectivity index (χ2n) is 14.6. The third-order valence-electron chi connectivity index (χ3n) is 9.83. The lowest BCUT2D eigenvalue weighted by atomic mass is 9.92. The first kappa shape index (κ1) is 34.6. The van der Waals surface area contributed by atoms with Gasteiger partial charge in [-0.05, 0) is 76.1 Å². The third-order valence-corrected chi connectivity index (χ3v) is 9.83. The molecule has 4 aromatic rings. The molecule has 13 heteroatoms. The van der Waals surface area contributed by atoms with Crippen molar-refractivity contribution in [3.05, 3.63) is 53.3 Å². The first-order valence-corrected chi connectivity index (χ1v) is 16.9. The maximum absolute atomic E-state index is 17.1. The van der Waals surface area contributed by atoms with Crippen molar-refractivity contribution in [1.29, 1.82) is 0 Å². The summed E-state index contributed by atoms with van der Waals surface area (Å²) >= 11 is 0. The van der Waals surface area contributed by atoms with E-state index in [2.05, 4.69) is 15.9 Å². The van der Waals surface area contributed by atoms with Crippen LogP contribution < -0.4 is 14.4 Å². The monoisotopic (exact) mass is 704 g/mol. The van der Waals surface area contributed by atoms with Crippen LogP contribution in [0.1, 0.15) is 52.0 Å². The molecule has 2 bridgehead atoms. The number of hydrogen-bond acceptors (Lipinski definition) is 9. The van der Waals surface area contributed by atoms with Gasteiger partial charge in [0.25, 0.3) is 0 Å². The Morgan fingerprint density at radius 1 is 1.06 bits per heavy atom. The molecule has 2 unspecified atom stereocenters. The van der Waals surface area contributed by atoms with E-state index in [1.807, 2.05) is 25.7 Å². The summed E-state index contributed by atoms with van der Waals surface area (Å²) in [5.41, 5.74) is -2.01. The number of rotatable bonds is 9. The Balaban J connectivity index is 1.38. The fourth-order valence-electron chi connectivity index (χ4n) is 7.11. The molecule has 3 heterocycles. The van der Waals surface area contributed by atoms with Crippen molar-refractivity contribution in [1.82, 2.24) is 14.9 Å². The number of halogens is 3. The van der Waals surface area contributed by atoms with Crippen LogP contribution in [0.2, 0.25) is 0 Å². The van der Waals surface area contributed by atoms with Gasteiger partial charge in [0.1, 0.15) is 34.3 Å². The molecule has 0 radical (unpaired) electrons. The zero-order valence-corrected chi connectivity index (χ0v) is 28.9. The van der Waals surface area contributed by atoms with Crippen LogP contribution in [-0.4, -0.2) is 84.0 Å². The lowest BCUT2D eigenvalue weighted by Gasteiger charge is -2.42. The molecule has 2 atom stereocenters. The lowest BCUT2D eigenvalue weighted by molar-refractivity contribution is 0.0122. The SMILES string of the molecule is C#Cc1c(F)ccc2cc(OCOC)cc(-c3c(F)cc4c(N5CC6CCC(C5)N6C(=O)OC(C)(C)C)nc(OCC5(CO)CC5)nc4c3F)c12. The zero-order chi connectivity index (χ0) is 36.2. The van der Waals surface area contributed by atoms with E-state index in [9.17, 15) is 9.90 Å². The number of aliphatic hydroxyl groups excluding tert-OH is 1. The fraction of sp³-hybridized carbons (Fsp3) is 0.447. The number of terminal acetylenes is 1. The van der Waals surface area contributed by atoms with Crippen LogP contribution in [0.4, 0.5) is 23.8 Å². The number of ether oxygens (including phenoxy) is 4. The van der Waals surface area contributed by atoms with Gasteiger partial charge >= 0.3 is 12.1 Å². The van der Waals surface area contributed by atoms with Gasteiger partial charge in [0.15, 0.2) is 12.6 Å². The summed E-state index contributed by atoms with van der Waals surface area (Å²) < 4.78 is 71.1. The average molecular weight is 705 g/mol. The van der Waals surface area contributed by atoms with Crippen molar-refractivity contribution >= 4 is 33.6 Å². The molecule has 3 aromatic carbocycles. The van der Waals surface area contributed by atoms with Gasteiger partial charge in [-0.2, -0.15) is 9.97 Å². The van der Waals surface area contributed by atoms with Crippen molar-refractivity contribution in [3.63, 3.8) is 0 Å². The molecule has 3 fully saturated rings. The van der Waals surface area contributed by atoms with E-state index < -0.39 is 40.1 Å². The highest BCUT2D eigenvalue weighted by Gasteiger charge is 2.46. The van der Waals surface area contributed by atoms with Crippen molar-refractivity contribution in [2.45, 2.75) is 64.1 Å². The highest BCUT2D eigenvalue weighted by molar-refractivity contribution is 6.04. The maximum Gasteiger partial charge on any atom is 0.410 e. The quantitative estimate of drug-likeness (QED) is 0.153. The summed E-state index contributed by atoms with van der Waals surface area (Å²) in [6, 6.07) is 6.20. The summed E-state index contributed by atoms with van der Waals surface area (Å²) in [6.45, 7) is 5.98. The minimum atomic E-state index is -1.03. The van der Waals surface area contributed by atoms with E-state index >= 15 is 13.2 Å². The zero-order valence-electron chi connectivity index (χ0n) is 28.9. The maximum atomic E-state index is 17.1. The number of aliphatic hydroxyl groups is 1. The first-order valence-electron chi connectivity index (χ1n) is 16.9. The molecule has 0 spiro atoms. The van der Waals surface area contributed by atoms with E-state index in [0.29, 0.717) is 18.5 Å².